The number of para-hydroxylation sites is 1. The topological polar surface area (TPSA) is 96.0 Å². The number of amides is 2. The third kappa shape index (κ3) is 4.03. The van der Waals surface area contributed by atoms with E-state index in [0.29, 0.717) is 12.1 Å². The predicted molar refractivity (Wildman–Crippen MR) is 102 cm³/mol. The Balaban J connectivity index is 1.63. The second-order valence-electron chi connectivity index (χ2n) is 5.90. The molecule has 138 valence electrons. The van der Waals surface area contributed by atoms with Gasteiger partial charge in [0.1, 0.15) is 0 Å². The zero-order valence-corrected chi connectivity index (χ0v) is 14.9. The van der Waals surface area contributed by atoms with Crippen LogP contribution in [0.25, 0.3) is 10.9 Å². The standard InChI is InChI=1S/C20H20N4O3/c1-2-24-16-11-7-6-10-15(16)18(20(24)27)23-22-17(25)12-13-21-19(26)14-8-4-3-5-9-14/h3-11,27H,2,12-13H2,1H3,(H,21,26). The second kappa shape index (κ2) is 8.27. The van der Waals surface area contributed by atoms with Crippen molar-refractivity contribution in [2.24, 2.45) is 10.2 Å². The minimum absolute atomic E-state index is 0.0207. The van der Waals surface area contributed by atoms with Crippen LogP contribution in [0.15, 0.2) is 64.8 Å². The number of carbonyl (C=O) groups excluding carboxylic acids is 2. The van der Waals surface area contributed by atoms with Gasteiger partial charge >= 0.3 is 0 Å². The minimum atomic E-state index is -0.476. The zero-order chi connectivity index (χ0) is 19.2. The van der Waals surface area contributed by atoms with Gasteiger partial charge in [0.15, 0.2) is 5.69 Å². The predicted octanol–water partition coefficient (Wildman–Crippen LogP) is 3.80. The van der Waals surface area contributed by atoms with E-state index in [9.17, 15) is 14.7 Å². The highest BCUT2D eigenvalue weighted by atomic mass is 16.3. The molecule has 0 bridgehead atoms. The number of azo groups is 1. The van der Waals surface area contributed by atoms with Gasteiger partial charge in [-0.1, -0.05) is 36.4 Å². The van der Waals surface area contributed by atoms with Crippen molar-refractivity contribution >= 4 is 28.4 Å². The Hall–Kier alpha value is -3.48. The van der Waals surface area contributed by atoms with Crippen molar-refractivity contribution in [3.05, 3.63) is 60.2 Å². The monoisotopic (exact) mass is 364 g/mol. The first-order chi connectivity index (χ1) is 13.1. The molecule has 27 heavy (non-hydrogen) atoms. The molecule has 7 heteroatoms. The minimum Gasteiger partial charge on any atom is -0.493 e. The molecule has 0 aliphatic rings. The molecule has 0 aliphatic heterocycles. The summed E-state index contributed by atoms with van der Waals surface area (Å²) in [5, 5.41) is 21.4. The van der Waals surface area contributed by atoms with Gasteiger partial charge in [0.25, 0.3) is 11.8 Å². The molecule has 0 saturated carbocycles. The first-order valence-corrected chi connectivity index (χ1v) is 8.69. The highest BCUT2D eigenvalue weighted by molar-refractivity contribution is 5.95. The van der Waals surface area contributed by atoms with Crippen LogP contribution in [0.1, 0.15) is 23.7 Å². The lowest BCUT2D eigenvalue weighted by molar-refractivity contribution is -0.118. The molecular formula is C20H20N4O3. The maximum Gasteiger partial charge on any atom is 0.266 e. The third-order valence-corrected chi connectivity index (χ3v) is 4.16. The van der Waals surface area contributed by atoms with E-state index in [2.05, 4.69) is 15.5 Å². The molecule has 0 spiro atoms. The highest BCUT2D eigenvalue weighted by Crippen LogP contribution is 2.38. The Morgan fingerprint density at radius 1 is 1.07 bits per heavy atom. The van der Waals surface area contributed by atoms with Crippen LogP contribution in [0, 0.1) is 0 Å². The molecule has 0 atom stereocenters. The van der Waals surface area contributed by atoms with E-state index in [1.807, 2.05) is 37.3 Å². The van der Waals surface area contributed by atoms with Crippen LogP contribution in [0.2, 0.25) is 0 Å². The van der Waals surface area contributed by atoms with Gasteiger partial charge in [-0.2, -0.15) is 0 Å². The van der Waals surface area contributed by atoms with Crippen molar-refractivity contribution < 1.29 is 14.7 Å². The van der Waals surface area contributed by atoms with Crippen LogP contribution >= 0.6 is 0 Å². The van der Waals surface area contributed by atoms with Crippen molar-refractivity contribution in [3.8, 4) is 5.88 Å². The lowest BCUT2D eigenvalue weighted by Gasteiger charge is -2.02. The average Bonchev–Trinajstić information content (AvgIpc) is 2.97. The molecule has 1 heterocycles. The summed E-state index contributed by atoms with van der Waals surface area (Å²) in [7, 11) is 0. The Bertz CT molecular complexity index is 993. The van der Waals surface area contributed by atoms with Gasteiger partial charge in [-0.05, 0) is 25.1 Å². The van der Waals surface area contributed by atoms with Crippen molar-refractivity contribution in [2.75, 3.05) is 6.54 Å². The van der Waals surface area contributed by atoms with E-state index in [1.54, 1.807) is 28.8 Å². The summed E-state index contributed by atoms with van der Waals surface area (Å²) in [5.41, 5.74) is 1.63. The number of nitrogens with one attached hydrogen (secondary N) is 1. The number of carbonyl (C=O) groups is 2. The van der Waals surface area contributed by atoms with E-state index in [0.717, 1.165) is 10.9 Å². The largest absolute Gasteiger partial charge is 0.493 e. The Kier molecular flexibility index (Phi) is 5.61. The van der Waals surface area contributed by atoms with Gasteiger partial charge in [0.2, 0.25) is 5.88 Å². The summed E-state index contributed by atoms with van der Waals surface area (Å²) in [5.74, 6) is -0.743. The molecule has 3 rings (SSSR count). The molecule has 2 N–H and O–H groups in total. The van der Waals surface area contributed by atoms with Gasteiger partial charge in [0.05, 0.1) is 5.52 Å². The molecule has 0 fully saturated rings. The van der Waals surface area contributed by atoms with Crippen LogP contribution < -0.4 is 5.32 Å². The van der Waals surface area contributed by atoms with Crippen molar-refractivity contribution in [3.63, 3.8) is 0 Å². The van der Waals surface area contributed by atoms with Crippen LogP contribution in [-0.2, 0) is 11.3 Å². The molecule has 0 saturated heterocycles. The number of aromatic nitrogens is 1. The number of fused-ring (bicyclic) bond motifs is 1. The summed E-state index contributed by atoms with van der Waals surface area (Å²) in [6.07, 6.45) is 0.0231. The lowest BCUT2D eigenvalue weighted by Crippen LogP contribution is -2.25. The second-order valence-corrected chi connectivity index (χ2v) is 5.90. The molecule has 1 aromatic heterocycles. The zero-order valence-electron chi connectivity index (χ0n) is 14.9. The van der Waals surface area contributed by atoms with Gasteiger partial charge in [-0.25, -0.2) is 0 Å². The number of hydrogen-bond acceptors (Lipinski definition) is 4. The maximum absolute atomic E-state index is 12.0. The molecule has 7 nitrogen and oxygen atoms in total. The van der Waals surface area contributed by atoms with E-state index in [4.69, 9.17) is 0 Å². The Morgan fingerprint density at radius 2 is 1.78 bits per heavy atom. The fourth-order valence-electron chi connectivity index (χ4n) is 2.82. The summed E-state index contributed by atoms with van der Waals surface area (Å²) in [6, 6.07) is 16.2. The first-order valence-electron chi connectivity index (χ1n) is 8.69. The smallest absolute Gasteiger partial charge is 0.266 e. The van der Waals surface area contributed by atoms with E-state index >= 15 is 0 Å². The normalized spacial score (nSPS) is 11.1. The van der Waals surface area contributed by atoms with Gasteiger partial charge < -0.3 is 15.0 Å². The molecular weight excluding hydrogens is 344 g/mol. The van der Waals surface area contributed by atoms with Crippen LogP contribution in [0.5, 0.6) is 5.88 Å². The van der Waals surface area contributed by atoms with E-state index in [-0.39, 0.29) is 30.4 Å². The van der Waals surface area contributed by atoms with Crippen molar-refractivity contribution in [2.45, 2.75) is 19.9 Å². The molecule has 0 aliphatic carbocycles. The van der Waals surface area contributed by atoms with Crippen LogP contribution in [0.4, 0.5) is 5.69 Å². The van der Waals surface area contributed by atoms with Gasteiger partial charge in [0, 0.05) is 30.5 Å². The number of aryl methyl sites for hydroxylation is 1. The van der Waals surface area contributed by atoms with E-state index in [1.165, 1.54) is 0 Å². The first kappa shape index (κ1) is 18.3. The molecule has 0 unspecified atom stereocenters. The Labute approximate surface area is 156 Å². The third-order valence-electron chi connectivity index (χ3n) is 4.16. The number of benzene rings is 2. The SMILES string of the molecule is CCn1c(O)c(N=NC(=O)CCNC(=O)c2ccccc2)c2ccccc21. The Morgan fingerprint density at radius 3 is 2.52 bits per heavy atom. The summed E-state index contributed by atoms with van der Waals surface area (Å²) in [4.78, 5) is 23.9. The van der Waals surface area contributed by atoms with Gasteiger partial charge in [-0.3, -0.25) is 9.59 Å². The molecule has 3 aromatic rings. The van der Waals surface area contributed by atoms with Crippen molar-refractivity contribution in [1.29, 1.82) is 0 Å². The van der Waals surface area contributed by atoms with Crippen molar-refractivity contribution in [1.82, 2.24) is 9.88 Å². The highest BCUT2D eigenvalue weighted by Gasteiger charge is 2.15. The van der Waals surface area contributed by atoms with Crippen LogP contribution in [-0.4, -0.2) is 28.0 Å². The fourth-order valence-corrected chi connectivity index (χ4v) is 2.82. The number of aromatic hydroxyl groups is 1. The number of nitrogens with zero attached hydrogens (tertiary/aromatic N) is 3. The summed E-state index contributed by atoms with van der Waals surface area (Å²) in [6.45, 7) is 2.64. The molecule has 2 amide bonds. The quantitative estimate of drug-likeness (QED) is 0.651. The molecule has 2 aromatic carbocycles. The average molecular weight is 364 g/mol. The number of hydrogen-bond donors (Lipinski definition) is 2. The summed E-state index contributed by atoms with van der Waals surface area (Å²) < 4.78 is 1.70. The maximum atomic E-state index is 12.0. The molecule has 0 radical (unpaired) electrons. The fraction of sp³-hybridized carbons (Fsp3) is 0.200. The van der Waals surface area contributed by atoms with Gasteiger partial charge in [-0.15, -0.1) is 10.2 Å². The lowest BCUT2D eigenvalue weighted by atomic mass is 10.2. The van der Waals surface area contributed by atoms with Crippen LogP contribution in [0.3, 0.4) is 0 Å². The summed E-state index contributed by atoms with van der Waals surface area (Å²) >= 11 is 0. The number of rotatable bonds is 6. The van der Waals surface area contributed by atoms with E-state index < -0.39 is 5.91 Å².